The van der Waals surface area contributed by atoms with Crippen LogP contribution in [0.15, 0.2) is 24.3 Å². The molecule has 110 valence electrons. The second kappa shape index (κ2) is 6.27. The molecular formula is C12H15IN2O4S. The van der Waals surface area contributed by atoms with E-state index in [2.05, 4.69) is 27.3 Å². The number of carboxylic acids is 1. The lowest BCUT2D eigenvalue weighted by atomic mass is 9.99. The predicted octanol–water partition coefficient (Wildman–Crippen LogP) is 1.74. The molecule has 0 atom stereocenters. The molecule has 1 heterocycles. The van der Waals surface area contributed by atoms with Crippen LogP contribution in [0.4, 0.5) is 5.69 Å². The molecule has 0 aliphatic carbocycles. The first-order valence-electron chi connectivity index (χ1n) is 6.15. The van der Waals surface area contributed by atoms with Crippen molar-refractivity contribution in [3.05, 3.63) is 27.8 Å². The van der Waals surface area contributed by atoms with Crippen LogP contribution in [0.3, 0.4) is 0 Å². The van der Waals surface area contributed by atoms with Crippen molar-refractivity contribution in [2.24, 2.45) is 5.92 Å². The molecule has 2 rings (SSSR count). The van der Waals surface area contributed by atoms with Crippen molar-refractivity contribution in [3.63, 3.8) is 0 Å². The first-order chi connectivity index (χ1) is 9.40. The van der Waals surface area contributed by atoms with E-state index in [-0.39, 0.29) is 13.1 Å². The Morgan fingerprint density at radius 3 is 2.45 bits per heavy atom. The minimum Gasteiger partial charge on any atom is -0.481 e. The molecule has 1 aromatic rings. The number of nitrogens with zero attached hydrogens (tertiary/aromatic N) is 1. The second-order valence-corrected chi connectivity index (χ2v) is 7.43. The summed E-state index contributed by atoms with van der Waals surface area (Å²) in [6, 6.07) is 7.10. The number of piperidine rings is 1. The number of hydrogen-bond acceptors (Lipinski definition) is 3. The highest BCUT2D eigenvalue weighted by Crippen LogP contribution is 2.23. The molecule has 0 saturated carbocycles. The molecule has 8 heteroatoms. The lowest BCUT2D eigenvalue weighted by Crippen LogP contribution is -2.43. The summed E-state index contributed by atoms with van der Waals surface area (Å²) >= 11 is 2.06. The lowest BCUT2D eigenvalue weighted by molar-refractivity contribution is -0.142. The Morgan fingerprint density at radius 2 is 1.90 bits per heavy atom. The number of hydrogen-bond donors (Lipinski definition) is 2. The summed E-state index contributed by atoms with van der Waals surface area (Å²) in [4.78, 5) is 10.9. The third-order valence-corrected chi connectivity index (χ3v) is 5.72. The third-order valence-electron chi connectivity index (χ3n) is 3.26. The summed E-state index contributed by atoms with van der Waals surface area (Å²) in [5, 5.41) is 8.91. The second-order valence-electron chi connectivity index (χ2n) is 4.60. The van der Waals surface area contributed by atoms with Crippen LogP contribution in [-0.2, 0) is 15.0 Å². The molecule has 6 nitrogen and oxygen atoms in total. The first kappa shape index (κ1) is 15.5. The molecule has 0 amide bonds. The molecule has 0 spiro atoms. The van der Waals surface area contributed by atoms with Crippen molar-refractivity contribution in [1.29, 1.82) is 0 Å². The van der Waals surface area contributed by atoms with E-state index < -0.39 is 22.1 Å². The summed E-state index contributed by atoms with van der Waals surface area (Å²) in [5.41, 5.74) is 0.536. The Morgan fingerprint density at radius 1 is 1.30 bits per heavy atom. The Balaban J connectivity index is 2.05. The van der Waals surface area contributed by atoms with Gasteiger partial charge in [0.2, 0.25) is 0 Å². The van der Waals surface area contributed by atoms with E-state index in [1.54, 1.807) is 12.1 Å². The van der Waals surface area contributed by atoms with Crippen molar-refractivity contribution < 1.29 is 18.3 Å². The molecule has 0 bridgehead atoms. The largest absolute Gasteiger partial charge is 0.481 e. The van der Waals surface area contributed by atoms with Crippen LogP contribution in [0.25, 0.3) is 0 Å². The van der Waals surface area contributed by atoms with Crippen molar-refractivity contribution in [3.8, 4) is 0 Å². The van der Waals surface area contributed by atoms with Crippen LogP contribution in [0.5, 0.6) is 0 Å². The monoisotopic (exact) mass is 410 g/mol. The SMILES string of the molecule is O=C(O)C1CCN(S(=O)(=O)Nc2ccccc2I)CC1. The summed E-state index contributed by atoms with van der Waals surface area (Å²) in [6.07, 6.45) is 0.699. The number of carbonyl (C=O) groups is 1. The molecule has 0 unspecified atom stereocenters. The maximum atomic E-state index is 12.2. The van der Waals surface area contributed by atoms with Crippen molar-refractivity contribution in [1.82, 2.24) is 4.31 Å². The lowest BCUT2D eigenvalue weighted by Gasteiger charge is -2.29. The number of para-hydroxylation sites is 1. The maximum Gasteiger partial charge on any atom is 0.306 e. The molecule has 1 aliphatic rings. The number of aliphatic carboxylic acids is 1. The Hall–Kier alpha value is -0.870. The van der Waals surface area contributed by atoms with E-state index in [4.69, 9.17) is 5.11 Å². The average molecular weight is 410 g/mol. The van der Waals surface area contributed by atoms with Gasteiger partial charge >= 0.3 is 16.2 Å². The van der Waals surface area contributed by atoms with Crippen LogP contribution in [0, 0.1) is 9.49 Å². The van der Waals surface area contributed by atoms with Gasteiger partial charge in [-0.2, -0.15) is 12.7 Å². The quantitative estimate of drug-likeness (QED) is 0.741. The van der Waals surface area contributed by atoms with Crippen LogP contribution in [-0.4, -0.2) is 36.9 Å². The van der Waals surface area contributed by atoms with Crippen molar-refractivity contribution in [2.45, 2.75) is 12.8 Å². The molecule has 0 aromatic heterocycles. The zero-order valence-electron chi connectivity index (χ0n) is 10.6. The fourth-order valence-corrected chi connectivity index (χ4v) is 4.07. The smallest absolute Gasteiger partial charge is 0.306 e. The van der Waals surface area contributed by atoms with Gasteiger partial charge in [-0.1, -0.05) is 12.1 Å². The Labute approximate surface area is 131 Å². The van der Waals surface area contributed by atoms with Gasteiger partial charge in [-0.05, 0) is 47.6 Å². The number of anilines is 1. The van der Waals surface area contributed by atoms with Crippen LogP contribution >= 0.6 is 22.6 Å². The summed E-state index contributed by atoms with van der Waals surface area (Å²) < 4.78 is 29.2. The molecule has 1 aromatic carbocycles. The molecule has 2 N–H and O–H groups in total. The predicted molar refractivity (Wildman–Crippen MR) is 83.6 cm³/mol. The molecule has 1 fully saturated rings. The highest BCUT2D eigenvalue weighted by atomic mass is 127. The fraction of sp³-hybridized carbons (Fsp3) is 0.417. The minimum atomic E-state index is -3.62. The van der Waals surface area contributed by atoms with E-state index in [0.29, 0.717) is 18.5 Å². The number of nitrogens with one attached hydrogen (secondary N) is 1. The van der Waals surface area contributed by atoms with Gasteiger partial charge in [-0.25, -0.2) is 0 Å². The topological polar surface area (TPSA) is 86.7 Å². The number of halogens is 1. The van der Waals surface area contributed by atoms with Gasteiger partial charge in [0.1, 0.15) is 0 Å². The van der Waals surface area contributed by atoms with E-state index in [0.717, 1.165) is 3.57 Å². The molecule has 0 radical (unpaired) electrons. The summed E-state index contributed by atoms with van der Waals surface area (Å²) in [7, 11) is -3.62. The van der Waals surface area contributed by atoms with Gasteiger partial charge in [0, 0.05) is 16.7 Å². The zero-order chi connectivity index (χ0) is 14.8. The average Bonchev–Trinajstić information content (AvgIpc) is 2.41. The Bertz CT molecular complexity index is 597. The summed E-state index contributed by atoms with van der Waals surface area (Å²) in [6.45, 7) is 0.464. The highest BCUT2D eigenvalue weighted by Gasteiger charge is 2.31. The molecule has 20 heavy (non-hydrogen) atoms. The van der Waals surface area contributed by atoms with Crippen LogP contribution in [0.2, 0.25) is 0 Å². The Kier molecular flexibility index (Phi) is 4.86. The van der Waals surface area contributed by atoms with Crippen molar-refractivity contribution >= 4 is 44.5 Å². The molecular weight excluding hydrogens is 395 g/mol. The van der Waals surface area contributed by atoms with E-state index in [1.807, 2.05) is 12.1 Å². The normalized spacial score (nSPS) is 17.9. The van der Waals surface area contributed by atoms with E-state index in [1.165, 1.54) is 4.31 Å². The van der Waals surface area contributed by atoms with Gasteiger partial charge in [-0.3, -0.25) is 9.52 Å². The summed E-state index contributed by atoms with van der Waals surface area (Å²) in [5.74, 6) is -1.30. The van der Waals surface area contributed by atoms with Gasteiger partial charge in [0.15, 0.2) is 0 Å². The fourth-order valence-electron chi connectivity index (χ4n) is 2.09. The number of benzene rings is 1. The van der Waals surface area contributed by atoms with Gasteiger partial charge in [0.05, 0.1) is 11.6 Å². The minimum absolute atomic E-state index is 0.232. The highest BCUT2D eigenvalue weighted by molar-refractivity contribution is 14.1. The molecule has 1 aliphatic heterocycles. The molecule has 1 saturated heterocycles. The van der Waals surface area contributed by atoms with Crippen LogP contribution in [0.1, 0.15) is 12.8 Å². The first-order valence-corrected chi connectivity index (χ1v) is 8.67. The number of carboxylic acid groups (broad SMARTS) is 1. The van der Waals surface area contributed by atoms with Crippen LogP contribution < -0.4 is 4.72 Å². The zero-order valence-corrected chi connectivity index (χ0v) is 13.6. The van der Waals surface area contributed by atoms with Gasteiger partial charge in [-0.15, -0.1) is 0 Å². The van der Waals surface area contributed by atoms with Gasteiger partial charge in [0.25, 0.3) is 0 Å². The maximum absolute atomic E-state index is 12.2. The van der Waals surface area contributed by atoms with E-state index >= 15 is 0 Å². The van der Waals surface area contributed by atoms with Gasteiger partial charge < -0.3 is 5.11 Å². The van der Waals surface area contributed by atoms with E-state index in [9.17, 15) is 13.2 Å². The third kappa shape index (κ3) is 3.61. The van der Waals surface area contributed by atoms with Crippen molar-refractivity contribution in [2.75, 3.05) is 17.8 Å². The number of rotatable bonds is 4. The standard InChI is InChI=1S/C12H15IN2O4S/c13-10-3-1-2-4-11(10)14-20(18,19)15-7-5-9(6-8-15)12(16)17/h1-4,9,14H,5-8H2,(H,16,17).